The average Bonchev–Trinajstić information content (AvgIpc) is 2.76. The number of halogens is 1. The number of amides is 1. The lowest BCUT2D eigenvalue weighted by Gasteiger charge is -2.18. The molecule has 0 radical (unpaired) electrons. The minimum Gasteiger partial charge on any atom is -0.465 e. The first-order valence-corrected chi connectivity index (χ1v) is 8.30. The second kappa shape index (κ2) is 5.71. The van der Waals surface area contributed by atoms with E-state index in [1.54, 1.807) is 25.1 Å². The van der Waals surface area contributed by atoms with Gasteiger partial charge in [0.2, 0.25) is 10.0 Å². The highest BCUT2D eigenvalue weighted by molar-refractivity contribution is 9.10. The van der Waals surface area contributed by atoms with E-state index >= 15 is 0 Å². The fourth-order valence-corrected chi connectivity index (χ4v) is 4.46. The first-order valence-electron chi connectivity index (χ1n) is 6.06. The van der Waals surface area contributed by atoms with Gasteiger partial charge in [0.25, 0.3) is 0 Å². The summed E-state index contributed by atoms with van der Waals surface area (Å²) in [7, 11) is -3.58. The Kier molecular flexibility index (Phi) is 4.36. The van der Waals surface area contributed by atoms with Crippen LogP contribution < -0.4 is 5.32 Å². The molecule has 2 N–H and O–H groups in total. The fraction of sp³-hybridized carbons (Fsp3) is 0.417. The number of benzene rings is 1. The van der Waals surface area contributed by atoms with Gasteiger partial charge < -0.3 is 10.4 Å². The van der Waals surface area contributed by atoms with Gasteiger partial charge in [-0.1, -0.05) is 15.9 Å². The summed E-state index contributed by atoms with van der Waals surface area (Å²) in [4.78, 5) is 10.8. The molecule has 110 valence electrons. The van der Waals surface area contributed by atoms with Crippen molar-refractivity contribution in [2.45, 2.75) is 24.3 Å². The Morgan fingerprint density at radius 1 is 1.50 bits per heavy atom. The number of hydrogen-bond acceptors (Lipinski definition) is 3. The van der Waals surface area contributed by atoms with Crippen molar-refractivity contribution in [2.75, 3.05) is 13.1 Å². The molecule has 1 aliphatic rings. The maximum absolute atomic E-state index is 12.5. The molecule has 1 aromatic rings. The first-order chi connectivity index (χ1) is 9.30. The van der Waals surface area contributed by atoms with Crippen LogP contribution in [0.4, 0.5) is 4.79 Å². The molecule has 1 fully saturated rings. The molecule has 0 saturated carbocycles. The highest BCUT2D eigenvalue weighted by Gasteiger charge is 2.33. The normalized spacial score (nSPS) is 20.0. The molecule has 2 rings (SSSR count). The van der Waals surface area contributed by atoms with Crippen LogP contribution in [0.25, 0.3) is 0 Å². The molecule has 0 aliphatic carbocycles. The largest absolute Gasteiger partial charge is 0.465 e. The number of rotatable bonds is 3. The molecule has 1 heterocycles. The van der Waals surface area contributed by atoms with Crippen LogP contribution in [0.2, 0.25) is 0 Å². The fourth-order valence-electron chi connectivity index (χ4n) is 2.28. The molecule has 1 aliphatic heterocycles. The van der Waals surface area contributed by atoms with Gasteiger partial charge >= 0.3 is 6.09 Å². The monoisotopic (exact) mass is 362 g/mol. The third-order valence-corrected chi connectivity index (χ3v) is 5.75. The van der Waals surface area contributed by atoms with E-state index in [4.69, 9.17) is 5.11 Å². The molecule has 0 aromatic heterocycles. The smallest absolute Gasteiger partial charge is 0.404 e. The van der Waals surface area contributed by atoms with E-state index in [9.17, 15) is 13.2 Å². The Labute approximate surface area is 126 Å². The molecule has 1 saturated heterocycles. The Morgan fingerprint density at radius 3 is 2.80 bits per heavy atom. The summed E-state index contributed by atoms with van der Waals surface area (Å²) in [5, 5.41) is 11.0. The summed E-state index contributed by atoms with van der Waals surface area (Å²) in [6, 6.07) is 4.64. The van der Waals surface area contributed by atoms with Gasteiger partial charge in [-0.15, -0.1) is 0 Å². The molecular weight excluding hydrogens is 348 g/mol. The van der Waals surface area contributed by atoms with Crippen LogP contribution in [0.3, 0.4) is 0 Å². The van der Waals surface area contributed by atoms with Crippen LogP contribution >= 0.6 is 15.9 Å². The summed E-state index contributed by atoms with van der Waals surface area (Å²) >= 11 is 3.30. The Hall–Kier alpha value is -1.12. The summed E-state index contributed by atoms with van der Waals surface area (Å²) < 4.78 is 27.2. The van der Waals surface area contributed by atoms with Gasteiger partial charge in [0.05, 0.1) is 4.90 Å². The molecular formula is C12H15BrN2O4S. The zero-order valence-electron chi connectivity index (χ0n) is 10.8. The summed E-state index contributed by atoms with van der Waals surface area (Å²) in [5.41, 5.74) is 0.661. The van der Waals surface area contributed by atoms with Crippen LogP contribution in [0, 0.1) is 6.92 Å². The second-order valence-electron chi connectivity index (χ2n) is 4.71. The minimum absolute atomic E-state index is 0.171. The lowest BCUT2D eigenvalue weighted by atomic mass is 10.2. The van der Waals surface area contributed by atoms with Crippen molar-refractivity contribution in [3.63, 3.8) is 0 Å². The predicted octanol–water partition coefficient (Wildman–Crippen LogP) is 1.79. The topological polar surface area (TPSA) is 86.7 Å². The number of aryl methyl sites for hydroxylation is 1. The molecule has 20 heavy (non-hydrogen) atoms. The van der Waals surface area contributed by atoms with Gasteiger partial charge in [0.1, 0.15) is 0 Å². The van der Waals surface area contributed by atoms with Crippen LogP contribution in [-0.4, -0.2) is 43.1 Å². The van der Waals surface area contributed by atoms with Gasteiger partial charge in [0.15, 0.2) is 0 Å². The number of carboxylic acid groups (broad SMARTS) is 1. The number of hydrogen-bond donors (Lipinski definition) is 2. The van der Waals surface area contributed by atoms with Crippen LogP contribution in [0.1, 0.15) is 12.0 Å². The van der Waals surface area contributed by atoms with Crippen LogP contribution in [-0.2, 0) is 10.0 Å². The van der Waals surface area contributed by atoms with E-state index in [2.05, 4.69) is 21.2 Å². The lowest BCUT2D eigenvalue weighted by molar-refractivity contribution is 0.190. The molecule has 1 atom stereocenters. The zero-order chi connectivity index (χ0) is 14.9. The van der Waals surface area contributed by atoms with Crippen LogP contribution in [0.15, 0.2) is 27.6 Å². The Balaban J connectivity index is 2.21. The predicted molar refractivity (Wildman–Crippen MR) is 77.2 cm³/mol. The first kappa shape index (κ1) is 15.3. The van der Waals surface area contributed by atoms with E-state index in [0.717, 1.165) is 4.47 Å². The van der Waals surface area contributed by atoms with Crippen molar-refractivity contribution < 1.29 is 18.3 Å². The van der Waals surface area contributed by atoms with Crippen molar-refractivity contribution >= 4 is 32.0 Å². The number of nitrogens with zero attached hydrogens (tertiary/aromatic N) is 1. The zero-order valence-corrected chi connectivity index (χ0v) is 13.2. The van der Waals surface area contributed by atoms with E-state index in [0.29, 0.717) is 18.5 Å². The van der Waals surface area contributed by atoms with Gasteiger partial charge in [-0.2, -0.15) is 4.31 Å². The molecule has 0 unspecified atom stereocenters. The van der Waals surface area contributed by atoms with Crippen molar-refractivity contribution in [1.29, 1.82) is 0 Å². The van der Waals surface area contributed by atoms with Crippen molar-refractivity contribution in [3.8, 4) is 0 Å². The Bertz CT molecular complexity index is 632. The molecule has 1 aromatic carbocycles. The summed E-state index contributed by atoms with van der Waals surface area (Å²) in [5.74, 6) is 0. The number of sulfonamides is 1. The highest BCUT2D eigenvalue weighted by atomic mass is 79.9. The molecule has 0 spiro atoms. The molecule has 8 heteroatoms. The van der Waals surface area contributed by atoms with Gasteiger partial charge in [-0.25, -0.2) is 13.2 Å². The van der Waals surface area contributed by atoms with Gasteiger partial charge in [-0.3, -0.25) is 0 Å². The number of nitrogens with one attached hydrogen (secondary N) is 1. The SMILES string of the molecule is Cc1cc(Br)ccc1S(=O)(=O)N1CC[C@@H](NC(=O)O)C1. The van der Waals surface area contributed by atoms with Crippen molar-refractivity contribution in [2.24, 2.45) is 0 Å². The number of carbonyl (C=O) groups is 1. The third-order valence-electron chi connectivity index (χ3n) is 3.23. The quantitative estimate of drug-likeness (QED) is 0.857. The lowest BCUT2D eigenvalue weighted by Crippen LogP contribution is -2.37. The highest BCUT2D eigenvalue weighted by Crippen LogP contribution is 2.25. The van der Waals surface area contributed by atoms with Crippen molar-refractivity contribution in [3.05, 3.63) is 28.2 Å². The van der Waals surface area contributed by atoms with E-state index in [-0.39, 0.29) is 17.5 Å². The Morgan fingerprint density at radius 2 is 2.20 bits per heavy atom. The minimum atomic E-state index is -3.58. The average molecular weight is 363 g/mol. The van der Waals surface area contributed by atoms with E-state index in [1.807, 2.05) is 0 Å². The molecule has 0 bridgehead atoms. The van der Waals surface area contributed by atoms with Crippen molar-refractivity contribution in [1.82, 2.24) is 9.62 Å². The van der Waals surface area contributed by atoms with E-state index in [1.165, 1.54) is 4.31 Å². The molecule has 6 nitrogen and oxygen atoms in total. The maximum atomic E-state index is 12.5. The van der Waals surface area contributed by atoms with Gasteiger partial charge in [0, 0.05) is 23.6 Å². The maximum Gasteiger partial charge on any atom is 0.404 e. The van der Waals surface area contributed by atoms with Gasteiger partial charge in [-0.05, 0) is 37.1 Å². The summed E-state index contributed by atoms with van der Waals surface area (Å²) in [6.07, 6.45) is -0.643. The second-order valence-corrected chi connectivity index (χ2v) is 7.53. The molecule has 1 amide bonds. The third kappa shape index (κ3) is 3.13. The standard InChI is InChI=1S/C12H15BrN2O4S/c1-8-6-9(13)2-3-11(8)20(18,19)15-5-4-10(7-15)14-12(16)17/h2-3,6,10,14H,4-5,7H2,1H3,(H,16,17)/t10-/m1/s1. The van der Waals surface area contributed by atoms with Crippen LogP contribution in [0.5, 0.6) is 0 Å². The van der Waals surface area contributed by atoms with E-state index < -0.39 is 16.1 Å². The summed E-state index contributed by atoms with van der Waals surface area (Å²) in [6.45, 7) is 2.23.